The fraction of sp³-hybridized carbons (Fsp3) is 0.167. The SMILES string of the molecule is CCOC(=O)C=Cc1cccc(C(=O)O)c1F. The Balaban J connectivity index is 2.96. The van der Waals surface area contributed by atoms with Crippen LogP contribution in [0.25, 0.3) is 6.08 Å². The van der Waals surface area contributed by atoms with E-state index in [9.17, 15) is 14.0 Å². The summed E-state index contributed by atoms with van der Waals surface area (Å²) in [6.07, 6.45) is 2.23. The Labute approximate surface area is 97.3 Å². The van der Waals surface area contributed by atoms with Crippen molar-refractivity contribution in [1.29, 1.82) is 0 Å². The van der Waals surface area contributed by atoms with Crippen LogP contribution in [-0.2, 0) is 9.53 Å². The Morgan fingerprint density at radius 2 is 2.18 bits per heavy atom. The molecule has 0 saturated heterocycles. The third-order valence-corrected chi connectivity index (χ3v) is 1.94. The standard InChI is InChI=1S/C12H11FO4/c1-2-17-10(14)7-6-8-4-3-5-9(11(8)13)12(15)16/h3-7H,2H2,1H3,(H,15,16). The second-order valence-electron chi connectivity index (χ2n) is 3.10. The fourth-order valence-electron chi connectivity index (χ4n) is 1.19. The highest BCUT2D eigenvalue weighted by Gasteiger charge is 2.12. The molecule has 0 aliphatic carbocycles. The van der Waals surface area contributed by atoms with E-state index < -0.39 is 23.3 Å². The van der Waals surface area contributed by atoms with Gasteiger partial charge in [0.25, 0.3) is 0 Å². The van der Waals surface area contributed by atoms with Crippen LogP contribution in [0, 0.1) is 5.82 Å². The van der Waals surface area contributed by atoms with Gasteiger partial charge >= 0.3 is 11.9 Å². The number of aromatic carboxylic acids is 1. The van der Waals surface area contributed by atoms with Gasteiger partial charge < -0.3 is 9.84 Å². The molecule has 0 fully saturated rings. The van der Waals surface area contributed by atoms with Crippen LogP contribution in [0.15, 0.2) is 24.3 Å². The van der Waals surface area contributed by atoms with Gasteiger partial charge in [-0.1, -0.05) is 12.1 Å². The molecule has 17 heavy (non-hydrogen) atoms. The van der Waals surface area contributed by atoms with Gasteiger partial charge in [0.1, 0.15) is 5.82 Å². The summed E-state index contributed by atoms with van der Waals surface area (Å²) in [6, 6.07) is 3.92. The quantitative estimate of drug-likeness (QED) is 0.644. The van der Waals surface area contributed by atoms with E-state index in [0.29, 0.717) is 0 Å². The molecule has 90 valence electrons. The van der Waals surface area contributed by atoms with Crippen molar-refractivity contribution in [2.24, 2.45) is 0 Å². The van der Waals surface area contributed by atoms with E-state index in [4.69, 9.17) is 5.11 Å². The average Bonchev–Trinajstić information content (AvgIpc) is 2.27. The molecule has 1 aromatic carbocycles. The zero-order valence-corrected chi connectivity index (χ0v) is 9.14. The van der Waals surface area contributed by atoms with Gasteiger partial charge in [-0.15, -0.1) is 0 Å². The molecule has 5 heteroatoms. The third-order valence-electron chi connectivity index (χ3n) is 1.94. The number of hydrogen-bond donors (Lipinski definition) is 1. The van der Waals surface area contributed by atoms with E-state index in [1.165, 1.54) is 18.2 Å². The average molecular weight is 238 g/mol. The minimum absolute atomic E-state index is 0.0259. The van der Waals surface area contributed by atoms with E-state index in [2.05, 4.69) is 4.74 Å². The van der Waals surface area contributed by atoms with Gasteiger partial charge in [-0.05, 0) is 19.1 Å². The molecule has 1 N–H and O–H groups in total. The molecule has 0 heterocycles. The van der Waals surface area contributed by atoms with Crippen LogP contribution in [0.4, 0.5) is 4.39 Å². The minimum Gasteiger partial charge on any atom is -0.478 e. The lowest BCUT2D eigenvalue weighted by Gasteiger charge is -2.00. The van der Waals surface area contributed by atoms with Crippen molar-refractivity contribution in [2.75, 3.05) is 6.61 Å². The molecule has 0 bridgehead atoms. The summed E-state index contributed by atoms with van der Waals surface area (Å²) < 4.78 is 18.2. The van der Waals surface area contributed by atoms with Crippen LogP contribution < -0.4 is 0 Å². The number of hydrogen-bond acceptors (Lipinski definition) is 3. The Kier molecular flexibility index (Phi) is 4.39. The Morgan fingerprint density at radius 3 is 2.76 bits per heavy atom. The lowest BCUT2D eigenvalue weighted by atomic mass is 10.1. The Morgan fingerprint density at radius 1 is 1.47 bits per heavy atom. The molecular weight excluding hydrogens is 227 g/mol. The molecule has 0 saturated carbocycles. The monoisotopic (exact) mass is 238 g/mol. The summed E-state index contributed by atoms with van der Waals surface area (Å²) in [4.78, 5) is 21.7. The van der Waals surface area contributed by atoms with Crippen LogP contribution in [0.3, 0.4) is 0 Å². The Hall–Kier alpha value is -2.17. The molecule has 0 amide bonds. The van der Waals surface area contributed by atoms with Crippen molar-refractivity contribution in [3.05, 3.63) is 41.2 Å². The smallest absolute Gasteiger partial charge is 0.338 e. The van der Waals surface area contributed by atoms with Crippen LogP contribution in [0.5, 0.6) is 0 Å². The van der Waals surface area contributed by atoms with E-state index in [0.717, 1.165) is 12.1 Å². The molecule has 0 radical (unpaired) electrons. The predicted molar refractivity (Wildman–Crippen MR) is 59.0 cm³/mol. The number of carbonyl (C=O) groups is 2. The number of halogens is 1. The molecule has 0 atom stereocenters. The first-order chi connectivity index (χ1) is 8.06. The van der Waals surface area contributed by atoms with Gasteiger partial charge in [-0.2, -0.15) is 0 Å². The van der Waals surface area contributed by atoms with Crippen molar-refractivity contribution >= 4 is 18.0 Å². The highest BCUT2D eigenvalue weighted by atomic mass is 19.1. The van der Waals surface area contributed by atoms with Gasteiger partial charge in [-0.3, -0.25) is 0 Å². The van der Waals surface area contributed by atoms with Crippen molar-refractivity contribution in [1.82, 2.24) is 0 Å². The van der Waals surface area contributed by atoms with Gasteiger partial charge in [0.2, 0.25) is 0 Å². The lowest BCUT2D eigenvalue weighted by Crippen LogP contribution is -2.02. The fourth-order valence-corrected chi connectivity index (χ4v) is 1.19. The van der Waals surface area contributed by atoms with Gasteiger partial charge in [0.15, 0.2) is 0 Å². The number of carbonyl (C=O) groups excluding carboxylic acids is 1. The second kappa shape index (κ2) is 5.79. The highest BCUT2D eigenvalue weighted by molar-refractivity contribution is 5.90. The minimum atomic E-state index is -1.35. The first-order valence-corrected chi connectivity index (χ1v) is 4.93. The number of ether oxygens (including phenoxy) is 1. The first kappa shape index (κ1) is 12.9. The normalized spacial score (nSPS) is 10.5. The van der Waals surface area contributed by atoms with Gasteiger partial charge in [0, 0.05) is 11.6 Å². The number of benzene rings is 1. The molecule has 0 aliphatic rings. The molecule has 1 rings (SSSR count). The van der Waals surface area contributed by atoms with E-state index in [-0.39, 0.29) is 12.2 Å². The molecule has 4 nitrogen and oxygen atoms in total. The summed E-state index contributed by atoms with van der Waals surface area (Å²) >= 11 is 0. The molecular formula is C12H11FO4. The second-order valence-corrected chi connectivity index (χ2v) is 3.10. The number of esters is 1. The third kappa shape index (κ3) is 3.41. The van der Waals surface area contributed by atoms with Crippen molar-refractivity contribution in [3.63, 3.8) is 0 Å². The van der Waals surface area contributed by atoms with E-state index in [1.54, 1.807) is 6.92 Å². The van der Waals surface area contributed by atoms with Gasteiger partial charge in [0.05, 0.1) is 12.2 Å². The molecule has 0 aromatic heterocycles. The van der Waals surface area contributed by atoms with Crippen LogP contribution >= 0.6 is 0 Å². The number of carboxylic acid groups (broad SMARTS) is 1. The summed E-state index contributed by atoms with van der Waals surface area (Å²) in [5.74, 6) is -2.83. The maximum atomic E-state index is 13.6. The van der Waals surface area contributed by atoms with Crippen LogP contribution in [0.1, 0.15) is 22.8 Å². The predicted octanol–water partition coefficient (Wildman–Crippen LogP) is 2.10. The summed E-state index contributed by atoms with van der Waals surface area (Å²) in [5.41, 5.74) is -0.408. The zero-order valence-electron chi connectivity index (χ0n) is 9.14. The lowest BCUT2D eigenvalue weighted by molar-refractivity contribution is -0.137. The van der Waals surface area contributed by atoms with Crippen molar-refractivity contribution in [3.8, 4) is 0 Å². The summed E-state index contributed by atoms with van der Waals surface area (Å²) in [7, 11) is 0. The maximum absolute atomic E-state index is 13.6. The largest absolute Gasteiger partial charge is 0.478 e. The maximum Gasteiger partial charge on any atom is 0.338 e. The topological polar surface area (TPSA) is 63.6 Å². The Bertz CT molecular complexity index is 466. The number of carboxylic acids is 1. The van der Waals surface area contributed by atoms with Crippen LogP contribution in [-0.4, -0.2) is 23.7 Å². The van der Waals surface area contributed by atoms with Crippen molar-refractivity contribution in [2.45, 2.75) is 6.92 Å². The first-order valence-electron chi connectivity index (χ1n) is 4.93. The van der Waals surface area contributed by atoms with E-state index in [1.807, 2.05) is 0 Å². The molecule has 0 unspecified atom stereocenters. The summed E-state index contributed by atoms with van der Waals surface area (Å²) in [5, 5.41) is 8.70. The highest BCUT2D eigenvalue weighted by Crippen LogP contribution is 2.14. The van der Waals surface area contributed by atoms with Crippen molar-refractivity contribution < 1.29 is 23.8 Å². The molecule has 0 aliphatic heterocycles. The van der Waals surface area contributed by atoms with Gasteiger partial charge in [-0.25, -0.2) is 14.0 Å². The summed E-state index contributed by atoms with van der Waals surface area (Å²) in [6.45, 7) is 1.87. The molecule has 0 spiro atoms. The van der Waals surface area contributed by atoms with Crippen LogP contribution in [0.2, 0.25) is 0 Å². The van der Waals surface area contributed by atoms with E-state index >= 15 is 0 Å². The zero-order chi connectivity index (χ0) is 12.8. The molecule has 1 aromatic rings. The number of rotatable bonds is 4.